The van der Waals surface area contributed by atoms with E-state index >= 15 is 0 Å². The SMILES string of the molecule is O=C(NCC(O)C1CCCCC1)c1ccc(Cl)cc1. The number of aliphatic hydroxyl groups excluding tert-OH is 1. The highest BCUT2D eigenvalue weighted by molar-refractivity contribution is 6.30. The normalized spacial score (nSPS) is 18.0. The molecule has 0 bridgehead atoms. The molecule has 2 rings (SSSR count). The van der Waals surface area contributed by atoms with E-state index in [2.05, 4.69) is 5.32 Å². The third-order valence-electron chi connectivity index (χ3n) is 3.77. The van der Waals surface area contributed by atoms with E-state index in [4.69, 9.17) is 11.6 Å². The molecular formula is C15H20ClNO2. The Bertz CT molecular complexity index is 413. The molecule has 0 aliphatic heterocycles. The summed E-state index contributed by atoms with van der Waals surface area (Å²) in [6.07, 6.45) is 5.34. The summed E-state index contributed by atoms with van der Waals surface area (Å²) >= 11 is 5.77. The predicted octanol–water partition coefficient (Wildman–Crippen LogP) is 3.01. The minimum absolute atomic E-state index is 0.161. The fourth-order valence-electron chi connectivity index (χ4n) is 2.59. The Hall–Kier alpha value is -1.06. The Balaban J connectivity index is 1.81. The lowest BCUT2D eigenvalue weighted by Gasteiger charge is -2.26. The number of carbonyl (C=O) groups excluding carboxylic acids is 1. The van der Waals surface area contributed by atoms with Crippen LogP contribution in [0.25, 0.3) is 0 Å². The Morgan fingerprint density at radius 2 is 1.89 bits per heavy atom. The number of amides is 1. The minimum atomic E-state index is -0.434. The van der Waals surface area contributed by atoms with E-state index in [1.807, 2.05) is 0 Å². The zero-order valence-corrected chi connectivity index (χ0v) is 11.7. The average molecular weight is 282 g/mol. The van der Waals surface area contributed by atoms with Gasteiger partial charge in [0.2, 0.25) is 0 Å². The van der Waals surface area contributed by atoms with E-state index in [-0.39, 0.29) is 5.91 Å². The fourth-order valence-corrected chi connectivity index (χ4v) is 2.71. The van der Waals surface area contributed by atoms with Crippen molar-refractivity contribution < 1.29 is 9.90 Å². The number of hydrogen-bond acceptors (Lipinski definition) is 2. The lowest BCUT2D eigenvalue weighted by atomic mass is 9.85. The minimum Gasteiger partial charge on any atom is -0.391 e. The van der Waals surface area contributed by atoms with E-state index in [0.29, 0.717) is 23.0 Å². The molecule has 1 saturated carbocycles. The Labute approximate surface area is 119 Å². The van der Waals surface area contributed by atoms with E-state index < -0.39 is 6.10 Å². The topological polar surface area (TPSA) is 49.3 Å². The van der Waals surface area contributed by atoms with Crippen molar-refractivity contribution in [3.8, 4) is 0 Å². The van der Waals surface area contributed by atoms with Gasteiger partial charge in [0.25, 0.3) is 5.91 Å². The van der Waals surface area contributed by atoms with Crippen LogP contribution in [0.4, 0.5) is 0 Å². The molecule has 1 fully saturated rings. The van der Waals surface area contributed by atoms with Crippen molar-refractivity contribution in [2.45, 2.75) is 38.2 Å². The summed E-state index contributed by atoms with van der Waals surface area (Å²) < 4.78 is 0. The molecule has 1 amide bonds. The van der Waals surface area contributed by atoms with Crippen molar-refractivity contribution in [1.82, 2.24) is 5.32 Å². The molecule has 104 valence electrons. The first-order valence-electron chi connectivity index (χ1n) is 6.88. The van der Waals surface area contributed by atoms with E-state index in [1.54, 1.807) is 24.3 Å². The zero-order valence-electron chi connectivity index (χ0n) is 10.9. The molecule has 1 unspecified atom stereocenters. The van der Waals surface area contributed by atoms with Crippen LogP contribution in [0, 0.1) is 5.92 Å². The van der Waals surface area contributed by atoms with Crippen molar-refractivity contribution >= 4 is 17.5 Å². The van der Waals surface area contributed by atoms with Crippen LogP contribution in [0.5, 0.6) is 0 Å². The second-order valence-electron chi connectivity index (χ2n) is 5.18. The number of nitrogens with one attached hydrogen (secondary N) is 1. The third-order valence-corrected chi connectivity index (χ3v) is 4.02. The van der Waals surface area contributed by atoms with Crippen LogP contribution in [0.3, 0.4) is 0 Å². The van der Waals surface area contributed by atoms with Gasteiger partial charge in [-0.25, -0.2) is 0 Å². The van der Waals surface area contributed by atoms with Gasteiger partial charge in [-0.2, -0.15) is 0 Å². The summed E-state index contributed by atoms with van der Waals surface area (Å²) in [5.41, 5.74) is 0.570. The molecule has 1 atom stereocenters. The fraction of sp³-hybridized carbons (Fsp3) is 0.533. The first kappa shape index (κ1) is 14.4. The summed E-state index contributed by atoms with van der Waals surface area (Å²) in [7, 11) is 0. The smallest absolute Gasteiger partial charge is 0.251 e. The Morgan fingerprint density at radius 1 is 1.26 bits per heavy atom. The molecule has 1 aromatic carbocycles. The van der Waals surface area contributed by atoms with Gasteiger partial charge in [0, 0.05) is 17.1 Å². The molecule has 0 radical (unpaired) electrons. The van der Waals surface area contributed by atoms with Crippen LogP contribution in [0.15, 0.2) is 24.3 Å². The van der Waals surface area contributed by atoms with Crippen molar-refractivity contribution in [3.63, 3.8) is 0 Å². The van der Waals surface area contributed by atoms with E-state index in [1.165, 1.54) is 19.3 Å². The molecule has 1 aliphatic carbocycles. The molecule has 0 aromatic heterocycles. The van der Waals surface area contributed by atoms with Gasteiger partial charge in [-0.3, -0.25) is 4.79 Å². The maximum absolute atomic E-state index is 11.9. The van der Waals surface area contributed by atoms with Crippen molar-refractivity contribution in [2.75, 3.05) is 6.54 Å². The van der Waals surface area contributed by atoms with Crippen LogP contribution in [0.2, 0.25) is 5.02 Å². The lowest BCUT2D eigenvalue weighted by Crippen LogP contribution is -2.37. The van der Waals surface area contributed by atoms with Gasteiger partial charge in [-0.1, -0.05) is 30.9 Å². The molecule has 0 heterocycles. The number of hydrogen-bond donors (Lipinski definition) is 2. The summed E-state index contributed by atoms with van der Waals surface area (Å²) in [6, 6.07) is 6.75. The van der Waals surface area contributed by atoms with Gasteiger partial charge in [-0.15, -0.1) is 0 Å². The van der Waals surface area contributed by atoms with Gasteiger partial charge >= 0.3 is 0 Å². The molecular weight excluding hydrogens is 262 g/mol. The second kappa shape index (κ2) is 6.92. The number of carbonyl (C=O) groups is 1. The van der Waals surface area contributed by atoms with Gasteiger partial charge in [0.1, 0.15) is 0 Å². The second-order valence-corrected chi connectivity index (χ2v) is 5.62. The van der Waals surface area contributed by atoms with Crippen LogP contribution < -0.4 is 5.32 Å². The molecule has 1 aromatic rings. The highest BCUT2D eigenvalue weighted by atomic mass is 35.5. The van der Waals surface area contributed by atoms with Crippen molar-refractivity contribution in [3.05, 3.63) is 34.9 Å². The van der Waals surface area contributed by atoms with Crippen LogP contribution in [-0.4, -0.2) is 23.7 Å². The molecule has 1 aliphatic rings. The van der Waals surface area contributed by atoms with Gasteiger partial charge in [-0.05, 0) is 43.0 Å². The number of halogens is 1. The molecule has 3 nitrogen and oxygen atoms in total. The standard InChI is InChI=1S/C15H20ClNO2/c16-13-8-6-12(7-9-13)15(19)17-10-14(18)11-4-2-1-3-5-11/h6-9,11,14,18H,1-5,10H2,(H,17,19). The van der Waals surface area contributed by atoms with Gasteiger partial charge in [0.05, 0.1) is 6.10 Å². The first-order chi connectivity index (χ1) is 9.16. The maximum atomic E-state index is 11.9. The summed E-state index contributed by atoms with van der Waals surface area (Å²) in [6.45, 7) is 0.326. The summed E-state index contributed by atoms with van der Waals surface area (Å²) in [5.74, 6) is 0.172. The van der Waals surface area contributed by atoms with Crippen molar-refractivity contribution in [1.29, 1.82) is 0 Å². The average Bonchev–Trinajstić information content (AvgIpc) is 2.46. The van der Waals surface area contributed by atoms with Crippen molar-refractivity contribution in [2.24, 2.45) is 5.92 Å². The summed E-state index contributed by atoms with van der Waals surface area (Å²) in [5, 5.41) is 13.5. The van der Waals surface area contributed by atoms with Crippen LogP contribution in [-0.2, 0) is 0 Å². The quantitative estimate of drug-likeness (QED) is 0.891. The third kappa shape index (κ3) is 4.22. The molecule has 0 spiro atoms. The van der Waals surface area contributed by atoms with Gasteiger partial charge < -0.3 is 10.4 Å². The number of rotatable bonds is 4. The highest BCUT2D eigenvalue weighted by Crippen LogP contribution is 2.26. The molecule has 4 heteroatoms. The number of aliphatic hydroxyl groups is 1. The predicted molar refractivity (Wildman–Crippen MR) is 76.4 cm³/mol. The van der Waals surface area contributed by atoms with Crippen LogP contribution in [0.1, 0.15) is 42.5 Å². The largest absolute Gasteiger partial charge is 0.391 e. The highest BCUT2D eigenvalue weighted by Gasteiger charge is 2.22. The zero-order chi connectivity index (χ0) is 13.7. The molecule has 0 saturated heterocycles. The van der Waals surface area contributed by atoms with E-state index in [0.717, 1.165) is 12.8 Å². The van der Waals surface area contributed by atoms with Gasteiger partial charge in [0.15, 0.2) is 0 Å². The van der Waals surface area contributed by atoms with E-state index in [9.17, 15) is 9.90 Å². The van der Waals surface area contributed by atoms with Crippen LogP contribution >= 0.6 is 11.6 Å². The Morgan fingerprint density at radius 3 is 2.53 bits per heavy atom. The monoisotopic (exact) mass is 281 g/mol. The molecule has 2 N–H and O–H groups in total. The number of benzene rings is 1. The maximum Gasteiger partial charge on any atom is 0.251 e. The molecule has 19 heavy (non-hydrogen) atoms. The summed E-state index contributed by atoms with van der Waals surface area (Å²) in [4.78, 5) is 11.9. The Kier molecular flexibility index (Phi) is 5.23. The lowest BCUT2D eigenvalue weighted by molar-refractivity contribution is 0.0738. The first-order valence-corrected chi connectivity index (χ1v) is 7.26.